The lowest BCUT2D eigenvalue weighted by Gasteiger charge is -2.15. The van der Waals surface area contributed by atoms with E-state index in [1.54, 1.807) is 13.1 Å². The Kier molecular flexibility index (Phi) is 4.42. The summed E-state index contributed by atoms with van der Waals surface area (Å²) < 4.78 is 38.4. The molecule has 0 spiro atoms. The van der Waals surface area contributed by atoms with Crippen LogP contribution in [0.25, 0.3) is 0 Å². The molecule has 1 N–H and O–H groups in total. The number of aromatic nitrogens is 4. The maximum absolute atomic E-state index is 12.8. The van der Waals surface area contributed by atoms with Gasteiger partial charge in [0.2, 0.25) is 0 Å². The Hall–Kier alpha value is -1.44. The van der Waals surface area contributed by atoms with Gasteiger partial charge in [0.25, 0.3) is 0 Å². The molecule has 0 aromatic carbocycles. The smallest absolute Gasteiger partial charge is 0.262 e. The molecular formula is C12H15F3N4S. The summed E-state index contributed by atoms with van der Waals surface area (Å²) in [5, 5.41) is 10.1. The number of thiazole rings is 1. The number of hydrogen-bond acceptors (Lipinski definition) is 4. The van der Waals surface area contributed by atoms with E-state index in [0.29, 0.717) is 11.3 Å². The lowest BCUT2D eigenvalue weighted by molar-refractivity contribution is -0.141. The van der Waals surface area contributed by atoms with Gasteiger partial charge in [-0.15, -0.1) is 16.4 Å². The normalized spacial score (nSPS) is 15.2. The highest BCUT2D eigenvalue weighted by Gasteiger charge is 2.37. The van der Waals surface area contributed by atoms with E-state index in [-0.39, 0.29) is 11.8 Å². The van der Waals surface area contributed by atoms with Crippen LogP contribution in [0.2, 0.25) is 0 Å². The number of nitrogens with one attached hydrogen (secondary N) is 1. The van der Waals surface area contributed by atoms with Gasteiger partial charge in [0, 0.05) is 4.88 Å². The monoisotopic (exact) mass is 304 g/mol. The van der Waals surface area contributed by atoms with Gasteiger partial charge in [-0.25, -0.2) is 4.98 Å². The number of rotatable bonds is 5. The van der Waals surface area contributed by atoms with Crippen molar-refractivity contribution in [3.8, 4) is 0 Å². The van der Waals surface area contributed by atoms with Crippen LogP contribution in [-0.4, -0.2) is 20.4 Å². The van der Waals surface area contributed by atoms with Crippen LogP contribution in [-0.2, 0) is 6.18 Å². The predicted octanol–water partition coefficient (Wildman–Crippen LogP) is 3.97. The Morgan fingerprint density at radius 1 is 1.25 bits per heavy atom. The third-order valence-electron chi connectivity index (χ3n) is 3.31. The summed E-state index contributed by atoms with van der Waals surface area (Å²) in [6, 6.07) is 0. The summed E-state index contributed by atoms with van der Waals surface area (Å²) in [5.41, 5.74) is 1.42. The van der Waals surface area contributed by atoms with E-state index in [4.69, 9.17) is 0 Å². The van der Waals surface area contributed by atoms with Crippen molar-refractivity contribution in [1.29, 1.82) is 0 Å². The number of hydrogen-bond donors (Lipinski definition) is 1. The van der Waals surface area contributed by atoms with E-state index < -0.39 is 11.9 Å². The minimum atomic E-state index is -4.37. The fraction of sp³-hybridized carbons (Fsp3) is 0.583. The lowest BCUT2D eigenvalue weighted by Crippen LogP contribution is -2.10. The second-order valence-electron chi connectivity index (χ2n) is 4.85. The molecule has 0 aliphatic carbocycles. The molecule has 20 heavy (non-hydrogen) atoms. The highest BCUT2D eigenvalue weighted by atomic mass is 32.1. The molecule has 0 amide bonds. The van der Waals surface area contributed by atoms with Crippen molar-refractivity contribution in [2.45, 2.75) is 44.7 Å². The SMILES string of the molecule is CC(CCC(C)c1scnc1C(F)(F)F)c1cnn[nH]1. The molecule has 0 fully saturated rings. The number of halogens is 3. The highest BCUT2D eigenvalue weighted by molar-refractivity contribution is 7.09. The van der Waals surface area contributed by atoms with Crippen molar-refractivity contribution in [2.75, 3.05) is 0 Å². The fourth-order valence-electron chi connectivity index (χ4n) is 2.05. The van der Waals surface area contributed by atoms with E-state index in [1.807, 2.05) is 6.92 Å². The summed E-state index contributed by atoms with van der Waals surface area (Å²) in [6.45, 7) is 3.81. The van der Waals surface area contributed by atoms with Gasteiger partial charge < -0.3 is 0 Å². The van der Waals surface area contributed by atoms with Gasteiger partial charge in [-0.05, 0) is 24.7 Å². The van der Waals surface area contributed by atoms with E-state index >= 15 is 0 Å². The van der Waals surface area contributed by atoms with Crippen LogP contribution in [0.5, 0.6) is 0 Å². The molecule has 0 aliphatic rings. The van der Waals surface area contributed by atoms with Crippen molar-refractivity contribution in [3.05, 3.63) is 28.0 Å². The van der Waals surface area contributed by atoms with Crippen LogP contribution in [0.15, 0.2) is 11.7 Å². The van der Waals surface area contributed by atoms with Crippen LogP contribution in [0.4, 0.5) is 13.2 Å². The standard InChI is InChI=1S/C12H15F3N4S/c1-7(9-5-17-19-18-9)3-4-8(2)10-11(12(13,14)15)16-6-20-10/h5-8H,3-4H2,1-2H3,(H,17,18,19). The molecule has 2 rings (SSSR count). The molecule has 4 nitrogen and oxygen atoms in total. The molecular weight excluding hydrogens is 289 g/mol. The third kappa shape index (κ3) is 3.36. The predicted molar refractivity (Wildman–Crippen MR) is 69.6 cm³/mol. The average Bonchev–Trinajstić information content (AvgIpc) is 3.03. The van der Waals surface area contributed by atoms with Gasteiger partial charge in [-0.1, -0.05) is 19.1 Å². The molecule has 8 heteroatoms. The molecule has 0 bridgehead atoms. The quantitative estimate of drug-likeness (QED) is 0.909. The third-order valence-corrected chi connectivity index (χ3v) is 4.37. The fourth-order valence-corrected chi connectivity index (χ4v) is 2.95. The van der Waals surface area contributed by atoms with Crippen molar-refractivity contribution in [2.24, 2.45) is 0 Å². The Labute approximate surface area is 118 Å². The van der Waals surface area contributed by atoms with Gasteiger partial charge in [-0.2, -0.15) is 13.2 Å². The highest BCUT2D eigenvalue weighted by Crippen LogP contribution is 2.38. The Bertz CT molecular complexity index is 535. The summed E-state index contributed by atoms with van der Waals surface area (Å²) in [6.07, 6.45) is -1.31. The van der Waals surface area contributed by atoms with Gasteiger partial charge in [0.1, 0.15) is 0 Å². The molecule has 2 atom stereocenters. The van der Waals surface area contributed by atoms with E-state index in [1.165, 1.54) is 5.51 Å². The molecule has 2 unspecified atom stereocenters. The number of aromatic amines is 1. The minimum absolute atomic E-state index is 0.169. The van der Waals surface area contributed by atoms with Crippen molar-refractivity contribution in [1.82, 2.24) is 20.4 Å². The average molecular weight is 304 g/mol. The number of alkyl halides is 3. The Morgan fingerprint density at radius 2 is 1.95 bits per heavy atom. The molecule has 0 radical (unpaired) electrons. The van der Waals surface area contributed by atoms with Gasteiger partial charge in [0.05, 0.1) is 17.4 Å². The first-order chi connectivity index (χ1) is 9.39. The second kappa shape index (κ2) is 5.90. The van der Waals surface area contributed by atoms with Gasteiger partial charge >= 0.3 is 6.18 Å². The summed E-state index contributed by atoms with van der Waals surface area (Å²) in [5.74, 6) is 0.0205. The van der Waals surface area contributed by atoms with Crippen LogP contribution < -0.4 is 0 Å². The van der Waals surface area contributed by atoms with Gasteiger partial charge in [0.15, 0.2) is 5.69 Å². The lowest BCUT2D eigenvalue weighted by atomic mass is 9.94. The zero-order valence-corrected chi connectivity index (χ0v) is 11.9. The maximum atomic E-state index is 12.8. The summed E-state index contributed by atoms with van der Waals surface area (Å²) in [4.78, 5) is 3.77. The minimum Gasteiger partial charge on any atom is -0.262 e. The van der Waals surface area contributed by atoms with Crippen LogP contribution >= 0.6 is 11.3 Å². The molecule has 2 aromatic heterocycles. The molecule has 0 saturated heterocycles. The topological polar surface area (TPSA) is 54.5 Å². The molecule has 0 saturated carbocycles. The van der Waals surface area contributed by atoms with Crippen molar-refractivity contribution < 1.29 is 13.2 Å². The first-order valence-corrected chi connectivity index (χ1v) is 7.14. The van der Waals surface area contributed by atoms with Crippen molar-refractivity contribution in [3.63, 3.8) is 0 Å². The Morgan fingerprint density at radius 3 is 2.55 bits per heavy atom. The molecule has 110 valence electrons. The first-order valence-electron chi connectivity index (χ1n) is 6.26. The Balaban J connectivity index is 1.99. The molecule has 2 heterocycles. The second-order valence-corrected chi connectivity index (χ2v) is 5.74. The van der Waals surface area contributed by atoms with E-state index in [9.17, 15) is 13.2 Å². The van der Waals surface area contributed by atoms with Gasteiger partial charge in [-0.3, -0.25) is 5.10 Å². The molecule has 2 aromatic rings. The maximum Gasteiger partial charge on any atom is 0.434 e. The molecule has 0 aliphatic heterocycles. The zero-order chi connectivity index (χ0) is 14.8. The van der Waals surface area contributed by atoms with E-state index in [2.05, 4.69) is 20.4 Å². The van der Waals surface area contributed by atoms with E-state index in [0.717, 1.165) is 23.5 Å². The van der Waals surface area contributed by atoms with Crippen molar-refractivity contribution >= 4 is 11.3 Å². The summed E-state index contributed by atoms with van der Waals surface area (Å²) in [7, 11) is 0. The first kappa shape index (κ1) is 15.0. The number of nitrogens with zero attached hydrogens (tertiary/aromatic N) is 3. The van der Waals surface area contributed by atoms with Crippen LogP contribution in [0.1, 0.15) is 54.8 Å². The van der Waals surface area contributed by atoms with Crippen LogP contribution in [0, 0.1) is 0 Å². The summed E-state index contributed by atoms with van der Waals surface area (Å²) >= 11 is 1.07. The zero-order valence-electron chi connectivity index (χ0n) is 11.1. The number of H-pyrrole nitrogens is 1. The van der Waals surface area contributed by atoms with Crippen LogP contribution in [0.3, 0.4) is 0 Å². The largest absolute Gasteiger partial charge is 0.434 e.